The third-order valence-corrected chi connectivity index (χ3v) is 4.79. The van der Waals surface area contributed by atoms with Gasteiger partial charge in [-0.2, -0.15) is 20.2 Å². The molecule has 0 radical (unpaired) electrons. The van der Waals surface area contributed by atoms with Crippen molar-refractivity contribution in [2.75, 3.05) is 22.8 Å². The highest BCUT2D eigenvalue weighted by Gasteiger charge is 2.24. The minimum atomic E-state index is -4.36. The average Bonchev–Trinajstić information content (AvgIpc) is 2.56. The van der Waals surface area contributed by atoms with E-state index in [1.54, 1.807) is 44.7 Å². The Labute approximate surface area is 176 Å². The fourth-order valence-electron chi connectivity index (χ4n) is 2.27. The van der Waals surface area contributed by atoms with E-state index in [9.17, 15) is 18.0 Å². The summed E-state index contributed by atoms with van der Waals surface area (Å²) in [4.78, 5) is 24.7. The number of rotatable bonds is 10. The Hall–Kier alpha value is -1.98. The van der Waals surface area contributed by atoms with Gasteiger partial charge in [-0.3, -0.25) is 14.1 Å². The number of alkyl carbamates (subject to hydrolysis) is 1. The first kappa shape index (κ1) is 25.1. The first-order valence-corrected chi connectivity index (χ1v) is 11.7. The van der Waals surface area contributed by atoms with Gasteiger partial charge in [0, 0.05) is 18.7 Å². The van der Waals surface area contributed by atoms with Gasteiger partial charge in [-0.1, -0.05) is 19.1 Å². The van der Waals surface area contributed by atoms with Crippen molar-refractivity contribution in [3.05, 3.63) is 29.8 Å². The van der Waals surface area contributed by atoms with E-state index >= 15 is 0 Å². The molecule has 0 bridgehead atoms. The second-order valence-corrected chi connectivity index (χ2v) is 9.71. The quantitative estimate of drug-likeness (QED) is 0.319. The Morgan fingerprint density at radius 3 is 2.34 bits per heavy atom. The molecule has 0 aliphatic heterocycles. The minimum absolute atomic E-state index is 0.175. The first-order chi connectivity index (χ1) is 13.4. The molecule has 11 heteroatoms. The smallest absolute Gasteiger partial charge is 0.408 e. The van der Waals surface area contributed by atoms with Gasteiger partial charge in [-0.05, 0) is 44.2 Å². The van der Waals surface area contributed by atoms with Crippen molar-refractivity contribution in [3.8, 4) is 0 Å². The summed E-state index contributed by atoms with van der Waals surface area (Å²) in [5.41, 5.74) is 0.158. The van der Waals surface area contributed by atoms with E-state index in [0.29, 0.717) is 12.1 Å². The van der Waals surface area contributed by atoms with Crippen molar-refractivity contribution in [1.82, 2.24) is 10.6 Å². The lowest BCUT2D eigenvalue weighted by atomic mass is 10.0. The molecule has 2 amide bonds. The second kappa shape index (κ2) is 11.3. The zero-order valence-corrected chi connectivity index (χ0v) is 18.7. The Morgan fingerprint density at radius 2 is 1.83 bits per heavy atom. The van der Waals surface area contributed by atoms with Crippen molar-refractivity contribution in [1.29, 1.82) is 0 Å². The Bertz CT molecular complexity index is 776. The van der Waals surface area contributed by atoms with Gasteiger partial charge in [0.25, 0.3) is 0 Å². The van der Waals surface area contributed by atoms with Gasteiger partial charge >= 0.3 is 16.4 Å². The molecule has 1 rings (SSSR count). The van der Waals surface area contributed by atoms with E-state index in [1.807, 2.05) is 11.6 Å². The number of nitrogens with one attached hydrogen (secondary N) is 3. The van der Waals surface area contributed by atoms with Crippen LogP contribution in [-0.2, 0) is 26.3 Å². The van der Waals surface area contributed by atoms with Crippen LogP contribution in [0.2, 0.25) is 0 Å². The summed E-state index contributed by atoms with van der Waals surface area (Å²) in [6.45, 7) is 7.68. The molecule has 0 fully saturated rings. The summed E-state index contributed by atoms with van der Waals surface area (Å²) in [5.74, 6) is 1.37. The lowest BCUT2D eigenvalue weighted by molar-refractivity contribution is -0.123. The molecule has 0 aliphatic rings. The molecule has 0 spiro atoms. The molecule has 0 heterocycles. The number of ether oxygens (including phenoxy) is 1. The normalized spacial score (nSPS) is 12.7. The lowest BCUT2D eigenvalue weighted by Gasteiger charge is -2.23. The number of thioether (sulfide) groups is 1. The molecule has 29 heavy (non-hydrogen) atoms. The first-order valence-electron chi connectivity index (χ1n) is 9.09. The SMILES string of the molecule is CCSCCNC(=O)C(Cc1ccc(NS(=O)(=O)O)cc1)NC(=O)OC(C)(C)C. The summed E-state index contributed by atoms with van der Waals surface area (Å²) < 4.78 is 37.7. The molecule has 4 N–H and O–H groups in total. The van der Waals surface area contributed by atoms with Crippen LogP contribution in [0.4, 0.5) is 10.5 Å². The zero-order chi connectivity index (χ0) is 22.1. The van der Waals surface area contributed by atoms with Crippen molar-refractivity contribution in [2.45, 2.75) is 45.8 Å². The Morgan fingerprint density at radius 1 is 1.21 bits per heavy atom. The highest BCUT2D eigenvalue weighted by atomic mass is 32.2. The van der Waals surface area contributed by atoms with Crippen LogP contribution in [0.3, 0.4) is 0 Å². The van der Waals surface area contributed by atoms with E-state index < -0.39 is 28.0 Å². The van der Waals surface area contributed by atoms with E-state index in [4.69, 9.17) is 9.29 Å². The molecule has 0 aliphatic carbocycles. The largest absolute Gasteiger partial charge is 0.444 e. The molecule has 164 valence electrons. The predicted molar refractivity (Wildman–Crippen MR) is 114 cm³/mol. The molecule has 1 atom stereocenters. The van der Waals surface area contributed by atoms with Gasteiger partial charge in [0.2, 0.25) is 5.91 Å². The zero-order valence-electron chi connectivity index (χ0n) is 17.0. The summed E-state index contributed by atoms with van der Waals surface area (Å²) in [6.07, 6.45) is -0.525. The third kappa shape index (κ3) is 11.6. The van der Waals surface area contributed by atoms with Gasteiger partial charge in [0.15, 0.2) is 0 Å². The maximum Gasteiger partial charge on any atom is 0.408 e. The highest BCUT2D eigenvalue weighted by molar-refractivity contribution is 7.99. The van der Waals surface area contributed by atoms with Crippen molar-refractivity contribution in [3.63, 3.8) is 0 Å². The number of amides is 2. The number of carbonyl (C=O) groups excluding carboxylic acids is 2. The molecule has 1 unspecified atom stereocenters. The number of carbonyl (C=O) groups is 2. The molecule has 0 saturated heterocycles. The maximum atomic E-state index is 12.6. The summed E-state index contributed by atoms with van der Waals surface area (Å²) in [5, 5.41) is 5.38. The van der Waals surface area contributed by atoms with Gasteiger partial charge in [-0.15, -0.1) is 0 Å². The van der Waals surface area contributed by atoms with Crippen molar-refractivity contribution < 1.29 is 27.3 Å². The number of hydrogen-bond donors (Lipinski definition) is 4. The van der Waals surface area contributed by atoms with Gasteiger partial charge in [0.1, 0.15) is 11.6 Å². The summed E-state index contributed by atoms with van der Waals surface area (Å²) in [7, 11) is -4.36. The van der Waals surface area contributed by atoms with Crippen molar-refractivity contribution in [2.24, 2.45) is 0 Å². The number of anilines is 1. The van der Waals surface area contributed by atoms with Gasteiger partial charge < -0.3 is 15.4 Å². The van der Waals surface area contributed by atoms with Crippen LogP contribution in [0.5, 0.6) is 0 Å². The van der Waals surface area contributed by atoms with Crippen LogP contribution in [0.25, 0.3) is 0 Å². The highest BCUT2D eigenvalue weighted by Crippen LogP contribution is 2.13. The third-order valence-electron chi connectivity index (χ3n) is 3.40. The average molecular weight is 448 g/mol. The topological polar surface area (TPSA) is 134 Å². The second-order valence-electron chi connectivity index (χ2n) is 7.16. The lowest BCUT2D eigenvalue weighted by Crippen LogP contribution is -2.49. The van der Waals surface area contributed by atoms with E-state index in [1.165, 1.54) is 12.1 Å². The summed E-state index contributed by atoms with van der Waals surface area (Å²) in [6, 6.07) is 5.22. The molecule has 1 aromatic carbocycles. The number of hydrogen-bond acceptors (Lipinski definition) is 6. The predicted octanol–water partition coefficient (Wildman–Crippen LogP) is 2.21. The van der Waals surface area contributed by atoms with Crippen LogP contribution in [0, 0.1) is 0 Å². The van der Waals surface area contributed by atoms with Gasteiger partial charge in [-0.25, -0.2) is 4.79 Å². The summed E-state index contributed by atoms with van der Waals surface area (Å²) >= 11 is 1.69. The molecule has 1 aromatic rings. The Balaban J connectivity index is 2.83. The maximum absolute atomic E-state index is 12.6. The Kier molecular flexibility index (Phi) is 9.74. The van der Waals surface area contributed by atoms with Crippen LogP contribution in [0.15, 0.2) is 24.3 Å². The fourth-order valence-corrected chi connectivity index (χ4v) is 3.24. The monoisotopic (exact) mass is 447 g/mol. The fraction of sp³-hybridized carbons (Fsp3) is 0.556. The minimum Gasteiger partial charge on any atom is -0.444 e. The van der Waals surface area contributed by atoms with Crippen LogP contribution >= 0.6 is 11.8 Å². The van der Waals surface area contributed by atoms with Gasteiger partial charge in [0.05, 0.1) is 5.69 Å². The van der Waals surface area contributed by atoms with Crippen LogP contribution < -0.4 is 15.4 Å². The van der Waals surface area contributed by atoms with Crippen LogP contribution in [0.1, 0.15) is 33.3 Å². The molecular formula is C18H29N3O6S2. The molecule has 9 nitrogen and oxygen atoms in total. The van der Waals surface area contributed by atoms with E-state index in [2.05, 4.69) is 10.6 Å². The molecule has 0 aromatic heterocycles. The number of benzene rings is 1. The standard InChI is InChI=1S/C18H29N3O6S2/c1-5-28-11-10-19-16(22)15(20-17(23)27-18(2,3)4)12-13-6-8-14(9-7-13)21-29(24,25)26/h6-9,15,21H,5,10-12H2,1-4H3,(H,19,22)(H,20,23)(H,24,25,26). The molecular weight excluding hydrogens is 418 g/mol. The van der Waals surface area contributed by atoms with E-state index in [-0.39, 0.29) is 18.0 Å². The van der Waals surface area contributed by atoms with E-state index in [0.717, 1.165) is 11.5 Å². The molecule has 0 saturated carbocycles. The van der Waals surface area contributed by atoms with Crippen molar-refractivity contribution >= 4 is 39.8 Å². The van der Waals surface area contributed by atoms with Crippen LogP contribution in [-0.4, -0.2) is 54.7 Å².